The van der Waals surface area contributed by atoms with Crippen LogP contribution in [0.5, 0.6) is 0 Å². The quantitative estimate of drug-likeness (QED) is 0.337. The van der Waals surface area contributed by atoms with Gasteiger partial charge in [-0.05, 0) is 93.0 Å². The zero-order valence-electron chi connectivity index (χ0n) is 25.1. The van der Waals surface area contributed by atoms with E-state index in [1.165, 1.54) is 12.8 Å². The van der Waals surface area contributed by atoms with Crippen molar-refractivity contribution < 1.29 is 38.8 Å². The number of nitrogens with two attached hydrogens (primary N) is 1. The maximum Gasteiger partial charge on any atom is 0.506 e. The van der Waals surface area contributed by atoms with Crippen LogP contribution in [0.2, 0.25) is 0 Å². The van der Waals surface area contributed by atoms with E-state index in [4.69, 9.17) is 19.9 Å². The Morgan fingerprint density at radius 1 is 1.10 bits per heavy atom. The third kappa shape index (κ3) is 5.21. The number of ether oxygens (including phenoxy) is 3. The first-order valence-electron chi connectivity index (χ1n) is 16.4. The molecule has 1 saturated heterocycles. The Hall–Kier alpha value is -1.97. The fourth-order valence-corrected chi connectivity index (χ4v) is 10.6. The zero-order chi connectivity index (χ0) is 29.8. The van der Waals surface area contributed by atoms with Crippen LogP contribution in [0.15, 0.2) is 11.6 Å². The number of carboxylic acid groups (broad SMARTS) is 2. The smallest absolute Gasteiger partial charge is 0.481 e. The minimum atomic E-state index is -1.32. The second kappa shape index (κ2) is 11.8. The van der Waals surface area contributed by atoms with Gasteiger partial charge in [-0.3, -0.25) is 9.59 Å². The Morgan fingerprint density at radius 3 is 2.55 bits per heavy atom. The molecule has 6 rings (SSSR count). The van der Waals surface area contributed by atoms with E-state index in [1.807, 2.05) is 0 Å². The Morgan fingerprint density at radius 2 is 1.86 bits per heavy atom. The molecule has 1 aliphatic heterocycles. The molecular formula is C33H49NO8. The van der Waals surface area contributed by atoms with E-state index < -0.39 is 41.6 Å². The Labute approximate surface area is 248 Å². The molecule has 0 spiro atoms. The van der Waals surface area contributed by atoms with Gasteiger partial charge in [-0.25, -0.2) is 4.79 Å². The van der Waals surface area contributed by atoms with Crippen LogP contribution in [-0.4, -0.2) is 66.2 Å². The van der Waals surface area contributed by atoms with Gasteiger partial charge >= 0.3 is 12.1 Å². The maximum atomic E-state index is 13.9. The van der Waals surface area contributed by atoms with Crippen LogP contribution >= 0.6 is 0 Å². The SMILES string of the molecule is CC(C)CC1CCC2C3CCC4C5COC[C@@]4(C[C@@H](OC(=O)O)[C@@H]5OCC(N)C4CCCC4)C3=CC(=O)C2[C@@H]1C(=O)O. The number of hydrogen-bond donors (Lipinski definition) is 3. The molecule has 0 aromatic carbocycles. The first-order valence-corrected chi connectivity index (χ1v) is 16.4. The molecule has 0 aromatic rings. The van der Waals surface area contributed by atoms with Gasteiger partial charge in [0.25, 0.3) is 0 Å². The summed E-state index contributed by atoms with van der Waals surface area (Å²) in [7, 11) is 0. The average molecular weight is 588 g/mol. The lowest BCUT2D eigenvalue weighted by Gasteiger charge is -2.62. The van der Waals surface area contributed by atoms with E-state index >= 15 is 0 Å². The van der Waals surface area contributed by atoms with Crippen molar-refractivity contribution in [3.63, 3.8) is 0 Å². The highest BCUT2D eigenvalue weighted by Crippen LogP contribution is 2.64. The first kappa shape index (κ1) is 30.1. The number of carbonyl (C=O) groups is 3. The van der Waals surface area contributed by atoms with E-state index in [0.29, 0.717) is 38.1 Å². The molecule has 9 nitrogen and oxygen atoms in total. The first-order chi connectivity index (χ1) is 20.1. The van der Waals surface area contributed by atoms with E-state index in [9.17, 15) is 24.6 Å². The molecule has 2 bridgehead atoms. The highest BCUT2D eigenvalue weighted by Gasteiger charge is 2.64. The standard InChI is InChI=1S/C33H49NO8/c1-17(2)11-19-7-8-21-20-9-10-23-22-14-40-16-33(23,24(20)12-26(35)29(21)28(19)31(36)37)13-27(42-32(38)39)30(22)41-15-25(34)18-5-3-4-6-18/h12,17-23,25,27-30H,3-11,13-16,34H2,1-2H3,(H,36,37)(H,38,39)/t19?,20?,21?,22?,23?,25?,27-,28-,29?,30-,33-/m1/s1. The minimum absolute atomic E-state index is 0.00469. The van der Waals surface area contributed by atoms with E-state index in [0.717, 1.165) is 50.5 Å². The molecule has 7 unspecified atom stereocenters. The van der Waals surface area contributed by atoms with Gasteiger partial charge in [0.2, 0.25) is 0 Å². The molecular weight excluding hydrogens is 538 g/mol. The molecule has 4 N–H and O–H groups in total. The van der Waals surface area contributed by atoms with Crippen molar-refractivity contribution in [3.8, 4) is 0 Å². The fraction of sp³-hybridized carbons (Fsp3) is 0.848. The molecule has 234 valence electrons. The molecule has 0 radical (unpaired) electrons. The topological polar surface area (TPSA) is 145 Å². The number of aliphatic carboxylic acids is 1. The fourth-order valence-electron chi connectivity index (χ4n) is 10.6. The van der Waals surface area contributed by atoms with Crippen molar-refractivity contribution in [2.75, 3.05) is 19.8 Å². The van der Waals surface area contributed by atoms with Gasteiger partial charge in [-0.1, -0.05) is 32.3 Å². The summed E-state index contributed by atoms with van der Waals surface area (Å²) in [6, 6.07) is -0.0893. The number of hydrogen-bond acceptors (Lipinski definition) is 7. The highest BCUT2D eigenvalue weighted by molar-refractivity contribution is 5.97. The van der Waals surface area contributed by atoms with Crippen LogP contribution in [0.4, 0.5) is 4.79 Å². The van der Waals surface area contributed by atoms with Gasteiger partial charge in [0.15, 0.2) is 5.78 Å². The van der Waals surface area contributed by atoms with Gasteiger partial charge < -0.3 is 30.2 Å². The maximum absolute atomic E-state index is 13.9. The van der Waals surface area contributed by atoms with E-state index in [-0.39, 0.29) is 41.4 Å². The van der Waals surface area contributed by atoms with Crippen LogP contribution in [0.1, 0.15) is 78.1 Å². The number of carbonyl (C=O) groups excluding carboxylic acids is 1. The molecule has 4 saturated carbocycles. The van der Waals surface area contributed by atoms with Crippen LogP contribution in [0, 0.1) is 58.7 Å². The monoisotopic (exact) mass is 587 g/mol. The summed E-state index contributed by atoms with van der Waals surface area (Å²) in [5.74, 6) is -1.03. The summed E-state index contributed by atoms with van der Waals surface area (Å²) in [4.78, 5) is 38.4. The van der Waals surface area contributed by atoms with Gasteiger partial charge in [-0.15, -0.1) is 0 Å². The summed E-state index contributed by atoms with van der Waals surface area (Å²) in [5.41, 5.74) is 7.08. The molecule has 6 aliphatic rings. The van der Waals surface area contributed by atoms with Gasteiger partial charge in [-0.2, -0.15) is 0 Å². The van der Waals surface area contributed by atoms with Crippen molar-refractivity contribution in [2.45, 2.75) is 96.3 Å². The lowest BCUT2D eigenvalue weighted by Crippen LogP contribution is -2.64. The average Bonchev–Trinajstić information content (AvgIpc) is 3.47. The lowest BCUT2D eigenvalue weighted by molar-refractivity contribution is -0.218. The summed E-state index contributed by atoms with van der Waals surface area (Å²) >= 11 is 0. The second-order valence-corrected chi connectivity index (χ2v) is 14.8. The largest absolute Gasteiger partial charge is 0.506 e. The molecule has 5 aliphatic carbocycles. The predicted molar refractivity (Wildman–Crippen MR) is 154 cm³/mol. The predicted octanol–water partition coefficient (Wildman–Crippen LogP) is 4.91. The summed E-state index contributed by atoms with van der Waals surface area (Å²) in [5, 5.41) is 20.1. The van der Waals surface area contributed by atoms with Crippen molar-refractivity contribution in [2.24, 2.45) is 64.4 Å². The van der Waals surface area contributed by atoms with Gasteiger partial charge in [0.05, 0.1) is 31.8 Å². The van der Waals surface area contributed by atoms with Crippen LogP contribution in [0.25, 0.3) is 0 Å². The summed E-state index contributed by atoms with van der Waals surface area (Å²) in [6.07, 6.45) is 8.65. The second-order valence-electron chi connectivity index (χ2n) is 14.8. The van der Waals surface area contributed by atoms with Crippen molar-refractivity contribution in [1.29, 1.82) is 0 Å². The molecule has 11 atom stereocenters. The van der Waals surface area contributed by atoms with E-state index in [1.54, 1.807) is 6.08 Å². The number of allylic oxidation sites excluding steroid dienone is 1. The van der Waals surface area contributed by atoms with Crippen molar-refractivity contribution >= 4 is 17.9 Å². The normalized spacial score (nSPS) is 42.2. The Kier molecular flexibility index (Phi) is 8.48. The minimum Gasteiger partial charge on any atom is -0.481 e. The number of carboxylic acids is 1. The molecule has 42 heavy (non-hydrogen) atoms. The molecule has 9 heteroatoms. The Bertz CT molecular complexity index is 1080. The number of rotatable bonds is 8. The molecule has 0 aromatic heterocycles. The number of fused-ring (bicyclic) bond motifs is 3. The van der Waals surface area contributed by atoms with Gasteiger partial charge in [0.1, 0.15) is 6.10 Å². The molecule has 1 heterocycles. The summed E-state index contributed by atoms with van der Waals surface area (Å²) < 4.78 is 18.3. The van der Waals surface area contributed by atoms with Crippen LogP contribution < -0.4 is 5.73 Å². The van der Waals surface area contributed by atoms with Crippen molar-refractivity contribution in [1.82, 2.24) is 0 Å². The van der Waals surface area contributed by atoms with Crippen LogP contribution in [0.3, 0.4) is 0 Å². The lowest BCUT2D eigenvalue weighted by atomic mass is 9.45. The zero-order valence-corrected chi connectivity index (χ0v) is 25.1. The third-order valence-electron chi connectivity index (χ3n) is 12.2. The van der Waals surface area contributed by atoms with Gasteiger partial charge in [0, 0.05) is 23.3 Å². The molecule has 0 amide bonds. The Balaban J connectivity index is 1.30. The number of ketones is 1. The highest BCUT2D eigenvalue weighted by atomic mass is 16.7. The van der Waals surface area contributed by atoms with E-state index in [2.05, 4.69) is 13.8 Å². The molecule has 5 fully saturated rings. The van der Waals surface area contributed by atoms with Crippen LogP contribution in [-0.2, 0) is 23.8 Å². The van der Waals surface area contributed by atoms with Crippen molar-refractivity contribution in [3.05, 3.63) is 11.6 Å². The third-order valence-corrected chi connectivity index (χ3v) is 12.2. The summed E-state index contributed by atoms with van der Waals surface area (Å²) in [6.45, 7) is 5.48.